The number of carbonyl (C=O) groups is 2. The van der Waals surface area contributed by atoms with Crippen LogP contribution in [0.15, 0.2) is 53.9 Å². The van der Waals surface area contributed by atoms with Gasteiger partial charge in [-0.15, -0.1) is 11.3 Å². The molecule has 30 heavy (non-hydrogen) atoms. The van der Waals surface area contributed by atoms with Gasteiger partial charge in [-0.05, 0) is 48.7 Å². The summed E-state index contributed by atoms with van der Waals surface area (Å²) in [5.41, 5.74) is 0.981. The first kappa shape index (κ1) is 22.0. The van der Waals surface area contributed by atoms with E-state index < -0.39 is 6.10 Å². The number of carbonyl (C=O) groups excluding carboxylic acids is 2. The third kappa shape index (κ3) is 5.44. The van der Waals surface area contributed by atoms with E-state index >= 15 is 0 Å². The summed E-state index contributed by atoms with van der Waals surface area (Å²) in [7, 11) is 1.48. The van der Waals surface area contributed by atoms with Gasteiger partial charge in [0, 0.05) is 16.8 Å². The molecule has 3 rings (SSSR count). The topological polar surface area (TPSA) is 76.7 Å². The van der Waals surface area contributed by atoms with Crippen LogP contribution < -0.4 is 20.1 Å². The summed E-state index contributed by atoms with van der Waals surface area (Å²) in [5.74, 6) is 0.153. The lowest BCUT2D eigenvalue weighted by Crippen LogP contribution is -2.30. The van der Waals surface area contributed by atoms with E-state index in [-0.39, 0.29) is 11.8 Å². The Balaban J connectivity index is 1.66. The summed E-state index contributed by atoms with van der Waals surface area (Å²) in [5, 5.41) is 8.16. The van der Waals surface area contributed by atoms with Crippen molar-refractivity contribution in [1.29, 1.82) is 0 Å². The van der Waals surface area contributed by atoms with E-state index in [1.807, 2.05) is 5.38 Å². The van der Waals surface area contributed by atoms with Crippen molar-refractivity contribution >= 4 is 57.7 Å². The lowest BCUT2D eigenvalue weighted by molar-refractivity contribution is -0.122. The summed E-state index contributed by atoms with van der Waals surface area (Å²) in [4.78, 5) is 25.3. The molecule has 0 aliphatic carbocycles. The number of hydrogen-bond acceptors (Lipinski definition) is 5. The zero-order chi connectivity index (χ0) is 21.7. The predicted molar refractivity (Wildman–Crippen MR) is 120 cm³/mol. The number of nitrogens with one attached hydrogen (secondary N) is 2. The summed E-state index contributed by atoms with van der Waals surface area (Å²) in [6, 6.07) is 13.2. The molecule has 156 valence electrons. The molecule has 2 aromatic carbocycles. The molecular formula is C21H18Cl2N2O4S. The summed E-state index contributed by atoms with van der Waals surface area (Å²) < 4.78 is 11.0. The minimum Gasteiger partial charge on any atom is -0.494 e. The van der Waals surface area contributed by atoms with Gasteiger partial charge in [-0.1, -0.05) is 29.3 Å². The van der Waals surface area contributed by atoms with E-state index in [1.54, 1.807) is 49.4 Å². The van der Waals surface area contributed by atoms with E-state index in [4.69, 9.17) is 32.7 Å². The Morgan fingerprint density at radius 1 is 1.03 bits per heavy atom. The molecule has 0 aliphatic heterocycles. The van der Waals surface area contributed by atoms with Crippen molar-refractivity contribution < 1.29 is 19.1 Å². The average molecular weight is 465 g/mol. The molecule has 0 aliphatic rings. The molecule has 1 aromatic heterocycles. The molecule has 0 saturated carbocycles. The maximum Gasteiger partial charge on any atom is 0.265 e. The molecule has 1 unspecified atom stereocenters. The smallest absolute Gasteiger partial charge is 0.265 e. The van der Waals surface area contributed by atoms with Crippen LogP contribution in [0.2, 0.25) is 10.0 Å². The predicted octanol–water partition coefficient (Wildman–Crippen LogP) is 5.72. The molecule has 6 nitrogen and oxygen atoms in total. The second kappa shape index (κ2) is 9.84. The van der Waals surface area contributed by atoms with Crippen LogP contribution >= 0.6 is 34.5 Å². The van der Waals surface area contributed by atoms with Crippen LogP contribution in [-0.2, 0) is 4.79 Å². The average Bonchev–Trinajstić information content (AvgIpc) is 3.26. The van der Waals surface area contributed by atoms with Gasteiger partial charge in [0.05, 0.1) is 22.7 Å². The zero-order valence-corrected chi connectivity index (χ0v) is 18.4. The number of thiophene rings is 1. The molecule has 0 saturated heterocycles. The number of hydrogen-bond donors (Lipinski definition) is 2. The van der Waals surface area contributed by atoms with E-state index in [2.05, 4.69) is 10.6 Å². The first-order valence-corrected chi connectivity index (χ1v) is 10.5. The van der Waals surface area contributed by atoms with E-state index in [1.165, 1.54) is 24.5 Å². The number of benzene rings is 2. The van der Waals surface area contributed by atoms with Crippen LogP contribution in [-0.4, -0.2) is 25.0 Å². The van der Waals surface area contributed by atoms with Crippen LogP contribution in [0.1, 0.15) is 16.6 Å². The summed E-state index contributed by atoms with van der Waals surface area (Å²) >= 11 is 13.3. The Bertz CT molecular complexity index is 1060. The number of amides is 2. The summed E-state index contributed by atoms with van der Waals surface area (Å²) in [6.45, 7) is 1.60. The Morgan fingerprint density at radius 2 is 1.83 bits per heavy atom. The fourth-order valence-electron chi connectivity index (χ4n) is 2.52. The van der Waals surface area contributed by atoms with Crippen molar-refractivity contribution in [3.8, 4) is 11.5 Å². The van der Waals surface area contributed by atoms with Crippen molar-refractivity contribution in [3.63, 3.8) is 0 Å². The van der Waals surface area contributed by atoms with Gasteiger partial charge >= 0.3 is 0 Å². The third-order valence-corrected chi connectivity index (χ3v) is 5.43. The largest absolute Gasteiger partial charge is 0.494 e. The highest BCUT2D eigenvalue weighted by Crippen LogP contribution is 2.30. The highest BCUT2D eigenvalue weighted by Gasteiger charge is 2.18. The molecule has 1 heterocycles. The number of halogens is 2. The molecule has 0 spiro atoms. The standard InChI is InChI=1S/C21H18Cl2N2O4S/c1-12(29-17-8-5-13(22)10-15(17)23)20(26)24-14-6-7-16(18(11-14)28-2)25-21(27)19-4-3-9-30-19/h3-12H,1-2H3,(H,24,26)(H,25,27). The molecule has 0 radical (unpaired) electrons. The molecule has 9 heteroatoms. The van der Waals surface area contributed by atoms with Gasteiger partial charge in [0.15, 0.2) is 6.10 Å². The molecule has 2 N–H and O–H groups in total. The molecule has 0 bridgehead atoms. The third-order valence-electron chi connectivity index (χ3n) is 4.03. The van der Waals surface area contributed by atoms with Crippen LogP contribution in [0.3, 0.4) is 0 Å². The fourth-order valence-corrected chi connectivity index (χ4v) is 3.59. The fraction of sp³-hybridized carbons (Fsp3) is 0.143. The monoisotopic (exact) mass is 464 g/mol. The first-order valence-electron chi connectivity index (χ1n) is 8.83. The van der Waals surface area contributed by atoms with Crippen molar-refractivity contribution in [2.75, 3.05) is 17.7 Å². The normalized spacial score (nSPS) is 11.5. The van der Waals surface area contributed by atoms with Crippen LogP contribution in [0.5, 0.6) is 11.5 Å². The minimum atomic E-state index is -0.812. The number of anilines is 2. The van der Waals surface area contributed by atoms with E-state index in [0.29, 0.717) is 37.8 Å². The Hall–Kier alpha value is -2.74. The maximum absolute atomic E-state index is 12.5. The highest BCUT2D eigenvalue weighted by molar-refractivity contribution is 7.12. The van der Waals surface area contributed by atoms with E-state index in [9.17, 15) is 9.59 Å². The lowest BCUT2D eigenvalue weighted by atomic mass is 10.2. The zero-order valence-electron chi connectivity index (χ0n) is 16.1. The summed E-state index contributed by atoms with van der Waals surface area (Å²) in [6.07, 6.45) is -0.812. The Labute approximate surface area is 187 Å². The van der Waals surface area contributed by atoms with E-state index in [0.717, 1.165) is 0 Å². The Kier molecular flexibility index (Phi) is 7.20. The SMILES string of the molecule is COc1cc(NC(=O)C(C)Oc2ccc(Cl)cc2Cl)ccc1NC(=O)c1cccs1. The number of methoxy groups -OCH3 is 1. The Morgan fingerprint density at radius 3 is 2.50 bits per heavy atom. The van der Waals surface area contributed by atoms with Gasteiger partial charge in [0.2, 0.25) is 0 Å². The van der Waals surface area contributed by atoms with Crippen LogP contribution in [0.25, 0.3) is 0 Å². The molecular weight excluding hydrogens is 447 g/mol. The van der Waals surface area contributed by atoms with Crippen molar-refractivity contribution in [3.05, 3.63) is 68.8 Å². The van der Waals surface area contributed by atoms with Gasteiger partial charge in [-0.2, -0.15) is 0 Å². The van der Waals surface area contributed by atoms with Gasteiger partial charge in [0.1, 0.15) is 11.5 Å². The minimum absolute atomic E-state index is 0.234. The molecule has 2 amide bonds. The maximum atomic E-state index is 12.5. The van der Waals surface area contributed by atoms with Crippen LogP contribution in [0.4, 0.5) is 11.4 Å². The highest BCUT2D eigenvalue weighted by atomic mass is 35.5. The molecule has 3 aromatic rings. The quantitative estimate of drug-likeness (QED) is 0.468. The van der Waals surface area contributed by atoms with Crippen molar-refractivity contribution in [2.45, 2.75) is 13.0 Å². The second-order valence-electron chi connectivity index (χ2n) is 6.17. The molecule has 1 atom stereocenters. The van der Waals surface area contributed by atoms with Crippen molar-refractivity contribution in [1.82, 2.24) is 0 Å². The van der Waals surface area contributed by atoms with Gasteiger partial charge in [-0.25, -0.2) is 0 Å². The van der Waals surface area contributed by atoms with Crippen LogP contribution in [0, 0.1) is 0 Å². The van der Waals surface area contributed by atoms with Gasteiger partial charge in [0.25, 0.3) is 11.8 Å². The second-order valence-corrected chi connectivity index (χ2v) is 7.96. The number of ether oxygens (including phenoxy) is 2. The van der Waals surface area contributed by atoms with Gasteiger partial charge in [-0.3, -0.25) is 9.59 Å². The number of rotatable bonds is 7. The lowest BCUT2D eigenvalue weighted by Gasteiger charge is -2.17. The molecule has 0 fully saturated rings. The van der Waals surface area contributed by atoms with Crippen molar-refractivity contribution in [2.24, 2.45) is 0 Å². The van der Waals surface area contributed by atoms with Gasteiger partial charge < -0.3 is 20.1 Å². The first-order chi connectivity index (χ1) is 14.4.